The summed E-state index contributed by atoms with van der Waals surface area (Å²) in [5.74, 6) is 0.103. The Kier molecular flexibility index (Phi) is 5.51. The molecule has 17 heavy (non-hydrogen) atoms. The standard InChI is InChI=1S/C10H19N3O2S2/c1-8(10-12-4-5-16-10)6-13-17(14,15)9(2)7-11-3/h4-5,8-9,11,13H,6-7H2,1-3H3. The monoisotopic (exact) mass is 277 g/mol. The Balaban J connectivity index is 2.50. The molecule has 0 radical (unpaired) electrons. The maximum Gasteiger partial charge on any atom is 0.215 e. The molecule has 1 aromatic heterocycles. The second-order valence-corrected chi connectivity index (χ2v) is 7.14. The molecular weight excluding hydrogens is 258 g/mol. The van der Waals surface area contributed by atoms with Gasteiger partial charge in [-0.1, -0.05) is 6.92 Å². The van der Waals surface area contributed by atoms with Crippen molar-refractivity contribution >= 4 is 21.4 Å². The van der Waals surface area contributed by atoms with Crippen LogP contribution in [-0.2, 0) is 10.0 Å². The fraction of sp³-hybridized carbons (Fsp3) is 0.700. The normalized spacial score (nSPS) is 15.7. The Morgan fingerprint density at radius 1 is 1.41 bits per heavy atom. The highest BCUT2D eigenvalue weighted by Crippen LogP contribution is 2.16. The van der Waals surface area contributed by atoms with E-state index in [4.69, 9.17) is 0 Å². The lowest BCUT2D eigenvalue weighted by Gasteiger charge is -2.15. The van der Waals surface area contributed by atoms with Crippen LogP contribution in [0.15, 0.2) is 11.6 Å². The first-order valence-electron chi connectivity index (χ1n) is 5.50. The summed E-state index contributed by atoms with van der Waals surface area (Å²) in [6, 6.07) is 0. The highest BCUT2D eigenvalue weighted by molar-refractivity contribution is 7.90. The lowest BCUT2D eigenvalue weighted by molar-refractivity contribution is 0.557. The molecule has 0 spiro atoms. The number of hydrogen-bond donors (Lipinski definition) is 2. The maximum absolute atomic E-state index is 11.8. The van der Waals surface area contributed by atoms with Gasteiger partial charge >= 0.3 is 0 Å². The van der Waals surface area contributed by atoms with Gasteiger partial charge in [0.15, 0.2) is 0 Å². The van der Waals surface area contributed by atoms with Crippen LogP contribution in [0.25, 0.3) is 0 Å². The minimum Gasteiger partial charge on any atom is -0.318 e. The molecule has 0 aliphatic rings. The summed E-state index contributed by atoms with van der Waals surface area (Å²) in [5.41, 5.74) is 0. The zero-order valence-electron chi connectivity index (χ0n) is 10.3. The molecule has 7 heteroatoms. The van der Waals surface area contributed by atoms with E-state index in [0.717, 1.165) is 5.01 Å². The minimum atomic E-state index is -3.24. The second-order valence-electron chi connectivity index (χ2n) is 4.03. The van der Waals surface area contributed by atoms with Crippen LogP contribution in [0.4, 0.5) is 0 Å². The predicted molar refractivity (Wildman–Crippen MR) is 70.8 cm³/mol. The third kappa shape index (κ3) is 4.34. The van der Waals surface area contributed by atoms with E-state index in [-0.39, 0.29) is 5.92 Å². The van der Waals surface area contributed by atoms with Crippen molar-refractivity contribution in [3.63, 3.8) is 0 Å². The van der Waals surface area contributed by atoms with Crippen molar-refractivity contribution in [2.75, 3.05) is 20.1 Å². The first kappa shape index (κ1) is 14.6. The van der Waals surface area contributed by atoms with Gasteiger partial charge in [-0.2, -0.15) is 0 Å². The van der Waals surface area contributed by atoms with Crippen molar-refractivity contribution in [3.05, 3.63) is 16.6 Å². The maximum atomic E-state index is 11.8. The minimum absolute atomic E-state index is 0.103. The third-order valence-corrected chi connectivity index (χ3v) is 5.29. The van der Waals surface area contributed by atoms with Crippen molar-refractivity contribution in [3.8, 4) is 0 Å². The van der Waals surface area contributed by atoms with Crippen LogP contribution in [-0.4, -0.2) is 38.8 Å². The van der Waals surface area contributed by atoms with Gasteiger partial charge in [0.2, 0.25) is 10.0 Å². The lowest BCUT2D eigenvalue weighted by atomic mass is 10.2. The smallest absolute Gasteiger partial charge is 0.215 e. The van der Waals surface area contributed by atoms with Crippen LogP contribution in [0.2, 0.25) is 0 Å². The van der Waals surface area contributed by atoms with E-state index < -0.39 is 15.3 Å². The Morgan fingerprint density at radius 2 is 2.12 bits per heavy atom. The molecule has 2 N–H and O–H groups in total. The number of nitrogens with one attached hydrogen (secondary N) is 2. The zero-order chi connectivity index (χ0) is 12.9. The van der Waals surface area contributed by atoms with Crippen molar-refractivity contribution < 1.29 is 8.42 Å². The zero-order valence-corrected chi connectivity index (χ0v) is 11.9. The van der Waals surface area contributed by atoms with Crippen LogP contribution in [0.5, 0.6) is 0 Å². The fourth-order valence-corrected chi connectivity index (χ4v) is 3.20. The Hall–Kier alpha value is -0.500. The Morgan fingerprint density at radius 3 is 2.65 bits per heavy atom. The fourth-order valence-electron chi connectivity index (χ4n) is 1.35. The summed E-state index contributed by atoms with van der Waals surface area (Å²) in [6.07, 6.45) is 1.73. The van der Waals surface area contributed by atoms with Gasteiger partial charge in [0.1, 0.15) is 0 Å². The Bertz CT molecular complexity index is 417. The molecule has 2 atom stereocenters. The van der Waals surface area contributed by atoms with E-state index in [1.54, 1.807) is 31.5 Å². The predicted octanol–water partition coefficient (Wildman–Crippen LogP) is 0.774. The average Bonchev–Trinajstić information content (AvgIpc) is 2.79. The molecule has 2 unspecified atom stereocenters. The topological polar surface area (TPSA) is 71.1 Å². The van der Waals surface area contributed by atoms with E-state index >= 15 is 0 Å². The molecule has 0 bridgehead atoms. The molecule has 0 fully saturated rings. The molecule has 98 valence electrons. The average molecular weight is 277 g/mol. The summed E-state index contributed by atoms with van der Waals surface area (Å²) in [4.78, 5) is 4.17. The highest BCUT2D eigenvalue weighted by Gasteiger charge is 2.20. The first-order chi connectivity index (χ1) is 7.97. The Labute approximate surface area is 107 Å². The largest absolute Gasteiger partial charge is 0.318 e. The molecule has 1 aromatic rings. The molecule has 0 aromatic carbocycles. The molecule has 0 amide bonds. The molecule has 0 aliphatic heterocycles. The van der Waals surface area contributed by atoms with Gasteiger partial charge in [0.05, 0.1) is 10.3 Å². The van der Waals surface area contributed by atoms with E-state index in [2.05, 4.69) is 15.0 Å². The van der Waals surface area contributed by atoms with Gasteiger partial charge in [-0.3, -0.25) is 0 Å². The molecule has 1 heterocycles. The summed E-state index contributed by atoms with van der Waals surface area (Å²) in [5, 5.41) is 5.27. The molecule has 1 rings (SSSR count). The molecule has 0 saturated heterocycles. The van der Waals surface area contributed by atoms with Crippen LogP contribution >= 0.6 is 11.3 Å². The SMILES string of the molecule is CNCC(C)S(=O)(=O)NCC(C)c1nccs1. The van der Waals surface area contributed by atoms with E-state index in [0.29, 0.717) is 13.1 Å². The van der Waals surface area contributed by atoms with Crippen molar-refractivity contribution in [2.45, 2.75) is 25.0 Å². The molecule has 0 aliphatic carbocycles. The van der Waals surface area contributed by atoms with Gasteiger partial charge < -0.3 is 5.32 Å². The lowest BCUT2D eigenvalue weighted by Crippen LogP contribution is -2.39. The van der Waals surface area contributed by atoms with Gasteiger partial charge in [0.25, 0.3) is 0 Å². The number of rotatable bonds is 7. The molecule has 5 nitrogen and oxygen atoms in total. The highest BCUT2D eigenvalue weighted by atomic mass is 32.2. The van der Waals surface area contributed by atoms with E-state index in [1.165, 1.54) is 0 Å². The van der Waals surface area contributed by atoms with Gasteiger partial charge in [-0.15, -0.1) is 11.3 Å². The number of nitrogens with zero attached hydrogens (tertiary/aromatic N) is 1. The molecular formula is C10H19N3O2S2. The molecule has 0 saturated carbocycles. The van der Waals surface area contributed by atoms with Crippen molar-refractivity contribution in [2.24, 2.45) is 0 Å². The van der Waals surface area contributed by atoms with E-state index in [1.807, 2.05) is 12.3 Å². The van der Waals surface area contributed by atoms with Gasteiger partial charge in [-0.25, -0.2) is 18.1 Å². The van der Waals surface area contributed by atoms with Crippen LogP contribution in [0, 0.1) is 0 Å². The number of aromatic nitrogens is 1. The second kappa shape index (κ2) is 6.44. The summed E-state index contributed by atoms with van der Waals surface area (Å²) >= 11 is 1.54. The number of thiazole rings is 1. The first-order valence-corrected chi connectivity index (χ1v) is 7.92. The van der Waals surface area contributed by atoms with E-state index in [9.17, 15) is 8.42 Å². The number of sulfonamides is 1. The summed E-state index contributed by atoms with van der Waals surface area (Å²) < 4.78 is 26.3. The van der Waals surface area contributed by atoms with Gasteiger partial charge in [-0.05, 0) is 14.0 Å². The third-order valence-electron chi connectivity index (χ3n) is 2.48. The van der Waals surface area contributed by atoms with Crippen LogP contribution in [0.1, 0.15) is 24.8 Å². The number of hydrogen-bond acceptors (Lipinski definition) is 5. The van der Waals surface area contributed by atoms with Crippen LogP contribution < -0.4 is 10.0 Å². The summed E-state index contributed by atoms with van der Waals surface area (Å²) in [7, 11) is -1.50. The van der Waals surface area contributed by atoms with Crippen molar-refractivity contribution in [1.82, 2.24) is 15.0 Å². The quantitative estimate of drug-likeness (QED) is 0.772. The van der Waals surface area contributed by atoms with Crippen molar-refractivity contribution in [1.29, 1.82) is 0 Å². The van der Waals surface area contributed by atoms with Crippen LogP contribution in [0.3, 0.4) is 0 Å². The van der Waals surface area contributed by atoms with Gasteiger partial charge in [0, 0.05) is 30.6 Å². The summed E-state index contributed by atoms with van der Waals surface area (Å²) in [6.45, 7) is 4.49.